The third kappa shape index (κ3) is 3.60. The predicted octanol–water partition coefficient (Wildman–Crippen LogP) is 4.11. The lowest BCUT2D eigenvalue weighted by Gasteiger charge is -2.36. The maximum absolute atomic E-state index is 11.8. The molecule has 0 radical (unpaired) electrons. The van der Waals surface area contributed by atoms with E-state index in [1.165, 1.54) is 6.42 Å². The minimum absolute atomic E-state index is 0.0834. The zero-order chi connectivity index (χ0) is 13.8. The lowest BCUT2D eigenvalue weighted by molar-refractivity contribution is -0.123. The van der Waals surface area contributed by atoms with Crippen molar-refractivity contribution in [1.82, 2.24) is 5.32 Å². The van der Waals surface area contributed by atoms with Crippen LogP contribution in [0, 0.1) is 11.3 Å². The molecule has 2 nitrogen and oxygen atoms in total. The van der Waals surface area contributed by atoms with Crippen LogP contribution in [0.4, 0.5) is 0 Å². The molecule has 1 aliphatic rings. The van der Waals surface area contributed by atoms with Gasteiger partial charge in [0.2, 0.25) is 5.91 Å². The topological polar surface area (TPSA) is 29.1 Å². The summed E-state index contributed by atoms with van der Waals surface area (Å²) in [5.41, 5.74) is 0.212. The van der Waals surface area contributed by atoms with Gasteiger partial charge in [0.25, 0.3) is 0 Å². The Balaban J connectivity index is 2.59. The van der Waals surface area contributed by atoms with Crippen molar-refractivity contribution < 1.29 is 4.79 Å². The Morgan fingerprint density at radius 3 is 2.44 bits per heavy atom. The number of rotatable bonds is 8. The van der Waals surface area contributed by atoms with Gasteiger partial charge < -0.3 is 5.32 Å². The molecule has 0 aliphatic heterocycles. The molecule has 18 heavy (non-hydrogen) atoms. The van der Waals surface area contributed by atoms with Gasteiger partial charge in [-0.1, -0.05) is 42.4 Å². The number of nitrogens with one attached hydrogen (secondary N) is 1. The average Bonchev–Trinajstić information content (AvgIpc) is 2.91. The van der Waals surface area contributed by atoms with Crippen LogP contribution >= 0.6 is 21.6 Å². The van der Waals surface area contributed by atoms with Crippen LogP contribution < -0.4 is 5.32 Å². The largest absolute Gasteiger partial charge is 0.351 e. The second kappa shape index (κ2) is 6.56. The Morgan fingerprint density at radius 2 is 2.00 bits per heavy atom. The van der Waals surface area contributed by atoms with Gasteiger partial charge in [0.1, 0.15) is 0 Å². The van der Waals surface area contributed by atoms with Crippen LogP contribution in [-0.4, -0.2) is 23.0 Å². The lowest BCUT2D eigenvalue weighted by atomic mass is 9.83. The van der Waals surface area contributed by atoms with E-state index >= 15 is 0 Å². The molecule has 2 unspecified atom stereocenters. The van der Waals surface area contributed by atoms with E-state index in [4.69, 9.17) is 0 Å². The fourth-order valence-electron chi connectivity index (χ4n) is 2.73. The highest BCUT2D eigenvalue weighted by Crippen LogP contribution is 2.61. The van der Waals surface area contributed by atoms with Gasteiger partial charge in [0.15, 0.2) is 0 Å². The average molecular weight is 290 g/mol. The Morgan fingerprint density at radius 1 is 1.39 bits per heavy atom. The highest BCUT2D eigenvalue weighted by Gasteiger charge is 2.60. The van der Waals surface area contributed by atoms with Crippen LogP contribution in [0.25, 0.3) is 0 Å². The summed E-state index contributed by atoms with van der Waals surface area (Å²) < 4.78 is 0. The fourth-order valence-corrected chi connectivity index (χ4v) is 5.34. The van der Waals surface area contributed by atoms with Crippen LogP contribution in [0.5, 0.6) is 0 Å². The molecule has 106 valence electrons. The lowest BCUT2D eigenvalue weighted by Crippen LogP contribution is -2.52. The highest BCUT2D eigenvalue weighted by atomic mass is 33.1. The van der Waals surface area contributed by atoms with E-state index in [1.807, 2.05) is 21.6 Å². The van der Waals surface area contributed by atoms with Crippen LogP contribution in [0.2, 0.25) is 0 Å². The van der Waals surface area contributed by atoms with Gasteiger partial charge in [-0.05, 0) is 32.6 Å². The Labute approximate surface area is 120 Å². The second-order valence-corrected chi connectivity index (χ2v) is 8.60. The van der Waals surface area contributed by atoms with Crippen molar-refractivity contribution in [1.29, 1.82) is 0 Å². The quantitative estimate of drug-likeness (QED) is 0.538. The van der Waals surface area contributed by atoms with Gasteiger partial charge in [-0.15, -0.1) is 0 Å². The number of amides is 1. The number of carbonyl (C=O) groups excluding carboxylic acids is 1. The first-order valence-corrected chi connectivity index (χ1v) is 9.44. The number of hydrogen-bond donors (Lipinski definition) is 1. The van der Waals surface area contributed by atoms with Crippen molar-refractivity contribution in [3.63, 3.8) is 0 Å². The van der Waals surface area contributed by atoms with Gasteiger partial charge in [-0.3, -0.25) is 4.79 Å². The smallest absolute Gasteiger partial charge is 0.220 e. The summed E-state index contributed by atoms with van der Waals surface area (Å²) in [6.07, 6.45) is 2.80. The monoisotopic (exact) mass is 289 g/mol. The van der Waals surface area contributed by atoms with Crippen LogP contribution in [0.1, 0.15) is 53.9 Å². The molecular formula is C14H27NOS2. The Hall–Kier alpha value is 0.170. The molecule has 1 saturated carbocycles. The summed E-state index contributed by atoms with van der Waals surface area (Å²) in [4.78, 5) is 11.8. The van der Waals surface area contributed by atoms with Crippen molar-refractivity contribution in [3.8, 4) is 0 Å². The van der Waals surface area contributed by atoms with Gasteiger partial charge in [0.05, 0.1) is 0 Å². The molecule has 1 fully saturated rings. The van der Waals surface area contributed by atoms with Crippen molar-refractivity contribution in [2.24, 2.45) is 11.3 Å². The predicted molar refractivity (Wildman–Crippen MR) is 83.9 cm³/mol. The number of hydrogen-bond acceptors (Lipinski definition) is 3. The maximum atomic E-state index is 11.8. The molecule has 1 aliphatic carbocycles. The van der Waals surface area contributed by atoms with Gasteiger partial charge >= 0.3 is 0 Å². The van der Waals surface area contributed by atoms with Crippen molar-refractivity contribution in [2.45, 2.75) is 59.4 Å². The van der Waals surface area contributed by atoms with Crippen molar-refractivity contribution in [2.75, 3.05) is 11.5 Å². The first-order valence-electron chi connectivity index (χ1n) is 6.95. The van der Waals surface area contributed by atoms with E-state index in [0.29, 0.717) is 11.8 Å². The third-order valence-corrected chi connectivity index (χ3v) is 6.74. The second-order valence-electron chi connectivity index (χ2n) is 5.85. The van der Waals surface area contributed by atoms with Gasteiger partial charge in [-0.2, -0.15) is 0 Å². The number of carbonyl (C=O) groups is 1. The van der Waals surface area contributed by atoms with E-state index in [2.05, 4.69) is 39.9 Å². The molecule has 0 bridgehead atoms. The molecule has 2 atom stereocenters. The van der Waals surface area contributed by atoms with Crippen LogP contribution in [-0.2, 0) is 4.79 Å². The first-order chi connectivity index (χ1) is 8.39. The minimum Gasteiger partial charge on any atom is -0.351 e. The standard InChI is InChI=1S/C14H27NOS2/c1-6-8-12(16)15-13(4,5)14(9-11(14)3)10-18-17-7-2/h11H,6-10H2,1-5H3,(H,15,16). The zero-order valence-corrected chi connectivity index (χ0v) is 14.0. The molecule has 0 spiro atoms. The molecule has 1 N–H and O–H groups in total. The van der Waals surface area contributed by atoms with Crippen molar-refractivity contribution >= 4 is 27.5 Å². The van der Waals surface area contributed by atoms with Crippen LogP contribution in [0.3, 0.4) is 0 Å². The first kappa shape index (κ1) is 16.2. The summed E-state index contributed by atoms with van der Waals surface area (Å²) in [6.45, 7) is 10.9. The molecule has 1 rings (SSSR count). The normalized spacial score (nSPS) is 27.1. The maximum Gasteiger partial charge on any atom is 0.220 e. The molecule has 1 amide bonds. The third-order valence-electron chi connectivity index (χ3n) is 4.15. The summed E-state index contributed by atoms with van der Waals surface area (Å²) in [5, 5.41) is 3.26. The van der Waals surface area contributed by atoms with E-state index in [1.54, 1.807) is 0 Å². The van der Waals surface area contributed by atoms with Gasteiger partial charge in [-0.25, -0.2) is 0 Å². The summed E-state index contributed by atoms with van der Waals surface area (Å²) in [6, 6.07) is 0. The molecule has 0 heterocycles. The highest BCUT2D eigenvalue weighted by molar-refractivity contribution is 8.76. The SMILES string of the molecule is CCCC(=O)NC(C)(C)C1(CSSCC)CC1C. The van der Waals surface area contributed by atoms with E-state index < -0.39 is 0 Å². The molecular weight excluding hydrogens is 262 g/mol. The summed E-state index contributed by atoms with van der Waals surface area (Å²) in [7, 11) is 3.89. The Bertz CT molecular complexity index is 294. The fraction of sp³-hybridized carbons (Fsp3) is 0.929. The molecule has 0 aromatic rings. The molecule has 0 aromatic carbocycles. The molecule has 4 heteroatoms. The summed E-state index contributed by atoms with van der Waals surface area (Å²) in [5.74, 6) is 3.22. The van der Waals surface area contributed by atoms with Crippen LogP contribution in [0.15, 0.2) is 0 Å². The van der Waals surface area contributed by atoms with E-state index in [9.17, 15) is 4.79 Å². The Kier molecular flexibility index (Phi) is 5.91. The van der Waals surface area contributed by atoms with E-state index in [0.717, 1.165) is 23.8 Å². The summed E-state index contributed by atoms with van der Waals surface area (Å²) >= 11 is 0. The molecule has 0 saturated heterocycles. The minimum atomic E-state index is -0.0834. The van der Waals surface area contributed by atoms with Gasteiger partial charge in [0, 0.05) is 28.9 Å². The zero-order valence-electron chi connectivity index (χ0n) is 12.3. The molecule has 0 aromatic heterocycles. The van der Waals surface area contributed by atoms with E-state index in [-0.39, 0.29) is 11.4 Å². The van der Waals surface area contributed by atoms with Crippen molar-refractivity contribution in [3.05, 3.63) is 0 Å².